The first-order valence-electron chi connectivity index (χ1n) is 5.29. The molecule has 0 saturated carbocycles. The third-order valence-electron chi connectivity index (χ3n) is 2.58. The zero-order chi connectivity index (χ0) is 13.1. The number of hydrogen-bond donors (Lipinski definition) is 0. The Bertz CT molecular complexity index is 609. The zero-order valence-corrected chi connectivity index (χ0v) is 9.66. The van der Waals surface area contributed by atoms with Crippen molar-refractivity contribution in [1.82, 2.24) is 4.98 Å². The van der Waals surface area contributed by atoms with E-state index in [4.69, 9.17) is 0 Å². The van der Waals surface area contributed by atoms with Crippen molar-refractivity contribution in [2.24, 2.45) is 0 Å². The SMILES string of the molecule is Cc1cc(C(=O)c2cccnc2)ccc1[N+](=O)[O-]. The van der Waals surface area contributed by atoms with E-state index in [-0.39, 0.29) is 11.5 Å². The van der Waals surface area contributed by atoms with Crippen LogP contribution < -0.4 is 0 Å². The van der Waals surface area contributed by atoms with Crippen molar-refractivity contribution in [2.45, 2.75) is 6.92 Å². The van der Waals surface area contributed by atoms with E-state index in [0.29, 0.717) is 16.7 Å². The molecule has 0 unspecified atom stereocenters. The lowest BCUT2D eigenvalue weighted by Crippen LogP contribution is -2.03. The number of aryl methyl sites for hydroxylation is 1. The molecular weight excluding hydrogens is 232 g/mol. The lowest BCUT2D eigenvalue weighted by atomic mass is 10.0. The molecule has 0 aliphatic carbocycles. The van der Waals surface area contributed by atoms with E-state index in [2.05, 4.69) is 4.98 Å². The summed E-state index contributed by atoms with van der Waals surface area (Å²) in [6.07, 6.45) is 3.05. The number of rotatable bonds is 3. The molecule has 1 aromatic heterocycles. The Balaban J connectivity index is 2.39. The molecule has 0 spiro atoms. The fraction of sp³-hybridized carbons (Fsp3) is 0.0769. The van der Waals surface area contributed by atoms with Crippen molar-refractivity contribution in [3.05, 3.63) is 69.5 Å². The highest BCUT2D eigenvalue weighted by Gasteiger charge is 2.14. The number of ketones is 1. The molecule has 0 bridgehead atoms. The maximum Gasteiger partial charge on any atom is 0.272 e. The fourth-order valence-corrected chi connectivity index (χ4v) is 1.67. The largest absolute Gasteiger partial charge is 0.289 e. The summed E-state index contributed by atoms with van der Waals surface area (Å²) >= 11 is 0. The molecular formula is C13H10N2O3. The smallest absolute Gasteiger partial charge is 0.272 e. The lowest BCUT2D eigenvalue weighted by Gasteiger charge is -2.02. The van der Waals surface area contributed by atoms with Gasteiger partial charge in [-0.1, -0.05) is 0 Å². The standard InChI is InChI=1S/C13H10N2O3/c1-9-7-10(4-5-12(9)15(17)18)13(16)11-3-2-6-14-8-11/h2-8H,1H3. The van der Waals surface area contributed by atoms with Crippen molar-refractivity contribution in [3.63, 3.8) is 0 Å². The first-order chi connectivity index (χ1) is 8.59. The third-order valence-corrected chi connectivity index (χ3v) is 2.58. The van der Waals surface area contributed by atoms with E-state index >= 15 is 0 Å². The normalized spacial score (nSPS) is 10.1. The van der Waals surface area contributed by atoms with Crippen molar-refractivity contribution in [1.29, 1.82) is 0 Å². The molecule has 0 fully saturated rings. The Morgan fingerprint density at radius 3 is 2.61 bits per heavy atom. The molecule has 5 nitrogen and oxygen atoms in total. The van der Waals surface area contributed by atoms with Gasteiger partial charge in [-0.25, -0.2) is 0 Å². The summed E-state index contributed by atoms with van der Waals surface area (Å²) in [6.45, 7) is 1.61. The van der Waals surface area contributed by atoms with Crippen LogP contribution in [-0.4, -0.2) is 15.7 Å². The minimum atomic E-state index is -0.465. The van der Waals surface area contributed by atoms with Gasteiger partial charge in [0, 0.05) is 35.2 Å². The highest BCUT2D eigenvalue weighted by Crippen LogP contribution is 2.20. The van der Waals surface area contributed by atoms with Crippen LogP contribution in [0.25, 0.3) is 0 Å². The van der Waals surface area contributed by atoms with Gasteiger partial charge >= 0.3 is 0 Å². The molecule has 2 rings (SSSR count). The first kappa shape index (κ1) is 11.9. The number of carbonyl (C=O) groups excluding carboxylic acids is 1. The van der Waals surface area contributed by atoms with E-state index in [1.54, 1.807) is 25.3 Å². The van der Waals surface area contributed by atoms with Crippen LogP contribution in [-0.2, 0) is 0 Å². The second-order valence-corrected chi connectivity index (χ2v) is 3.83. The Hall–Kier alpha value is -2.56. The molecule has 0 radical (unpaired) electrons. The van der Waals surface area contributed by atoms with Crippen LogP contribution in [0.15, 0.2) is 42.7 Å². The predicted molar refractivity (Wildman–Crippen MR) is 65.5 cm³/mol. The second kappa shape index (κ2) is 4.75. The van der Waals surface area contributed by atoms with Gasteiger partial charge in [-0.3, -0.25) is 19.9 Å². The monoisotopic (exact) mass is 242 g/mol. The Labute approximate surface area is 103 Å². The quantitative estimate of drug-likeness (QED) is 0.471. The molecule has 5 heteroatoms. The lowest BCUT2D eigenvalue weighted by molar-refractivity contribution is -0.385. The molecule has 0 aliphatic heterocycles. The Morgan fingerprint density at radius 1 is 1.28 bits per heavy atom. The molecule has 0 amide bonds. The van der Waals surface area contributed by atoms with Crippen molar-refractivity contribution < 1.29 is 9.72 Å². The summed E-state index contributed by atoms with van der Waals surface area (Å²) in [7, 11) is 0. The molecule has 1 heterocycles. The summed E-state index contributed by atoms with van der Waals surface area (Å²) in [6, 6.07) is 7.66. The average Bonchev–Trinajstić information content (AvgIpc) is 2.38. The van der Waals surface area contributed by atoms with Gasteiger partial charge in [-0.2, -0.15) is 0 Å². The van der Waals surface area contributed by atoms with Crippen LogP contribution in [0.1, 0.15) is 21.5 Å². The molecule has 0 aliphatic rings. The summed E-state index contributed by atoms with van der Waals surface area (Å²) in [4.78, 5) is 26.2. The fourth-order valence-electron chi connectivity index (χ4n) is 1.67. The molecule has 2 aromatic rings. The van der Waals surface area contributed by atoms with E-state index in [1.807, 2.05) is 0 Å². The minimum absolute atomic E-state index is 0.0118. The van der Waals surface area contributed by atoms with Crippen molar-refractivity contribution in [3.8, 4) is 0 Å². The first-order valence-corrected chi connectivity index (χ1v) is 5.29. The van der Waals surface area contributed by atoms with Crippen LogP contribution in [0, 0.1) is 17.0 Å². The predicted octanol–water partition coefficient (Wildman–Crippen LogP) is 2.53. The highest BCUT2D eigenvalue weighted by atomic mass is 16.6. The Kier molecular flexibility index (Phi) is 3.14. The van der Waals surface area contributed by atoms with Crippen molar-refractivity contribution >= 4 is 11.5 Å². The maximum absolute atomic E-state index is 12.1. The molecule has 0 atom stereocenters. The number of benzene rings is 1. The summed E-state index contributed by atoms with van der Waals surface area (Å²) in [5.74, 6) is -0.193. The Morgan fingerprint density at radius 2 is 2.06 bits per heavy atom. The van der Waals surface area contributed by atoms with Crippen LogP contribution in [0.3, 0.4) is 0 Å². The van der Waals surface area contributed by atoms with Gasteiger partial charge in [0.15, 0.2) is 5.78 Å². The van der Waals surface area contributed by atoms with Crippen molar-refractivity contribution in [2.75, 3.05) is 0 Å². The number of hydrogen-bond acceptors (Lipinski definition) is 4. The summed E-state index contributed by atoms with van der Waals surface area (Å²) in [5.41, 5.74) is 1.37. The zero-order valence-electron chi connectivity index (χ0n) is 9.66. The van der Waals surface area contributed by atoms with Crippen LogP contribution in [0.2, 0.25) is 0 Å². The van der Waals surface area contributed by atoms with E-state index in [9.17, 15) is 14.9 Å². The third kappa shape index (κ3) is 2.24. The number of nitrogens with zero attached hydrogens (tertiary/aromatic N) is 2. The van der Waals surface area contributed by atoms with E-state index < -0.39 is 4.92 Å². The number of aromatic nitrogens is 1. The van der Waals surface area contributed by atoms with Gasteiger partial charge in [-0.05, 0) is 31.2 Å². The minimum Gasteiger partial charge on any atom is -0.289 e. The molecule has 90 valence electrons. The van der Waals surface area contributed by atoms with Gasteiger partial charge in [0.2, 0.25) is 0 Å². The van der Waals surface area contributed by atoms with Gasteiger partial charge in [0.25, 0.3) is 5.69 Å². The molecule has 1 aromatic carbocycles. The van der Waals surface area contributed by atoms with E-state index in [0.717, 1.165) is 0 Å². The van der Waals surface area contributed by atoms with Gasteiger partial charge < -0.3 is 0 Å². The maximum atomic E-state index is 12.1. The van der Waals surface area contributed by atoms with Gasteiger partial charge in [0.1, 0.15) is 0 Å². The average molecular weight is 242 g/mol. The summed E-state index contributed by atoms with van der Waals surface area (Å²) < 4.78 is 0. The second-order valence-electron chi connectivity index (χ2n) is 3.83. The number of carbonyl (C=O) groups is 1. The number of nitro groups is 1. The summed E-state index contributed by atoms with van der Waals surface area (Å²) in [5, 5.41) is 10.7. The molecule has 0 N–H and O–H groups in total. The van der Waals surface area contributed by atoms with Crippen LogP contribution >= 0.6 is 0 Å². The topological polar surface area (TPSA) is 73.1 Å². The molecule has 0 saturated heterocycles. The number of pyridine rings is 1. The number of nitro benzene ring substituents is 1. The van der Waals surface area contributed by atoms with Gasteiger partial charge in [-0.15, -0.1) is 0 Å². The highest BCUT2D eigenvalue weighted by molar-refractivity contribution is 6.09. The molecule has 18 heavy (non-hydrogen) atoms. The van der Waals surface area contributed by atoms with E-state index in [1.165, 1.54) is 24.4 Å². The van der Waals surface area contributed by atoms with Crippen LogP contribution in [0.5, 0.6) is 0 Å². The van der Waals surface area contributed by atoms with Gasteiger partial charge in [0.05, 0.1) is 4.92 Å². The van der Waals surface area contributed by atoms with Crippen LogP contribution in [0.4, 0.5) is 5.69 Å².